The maximum Gasteiger partial charge on any atom is 0.329 e. The van der Waals surface area contributed by atoms with Crippen LogP contribution in [0.1, 0.15) is 29.7 Å². The molecule has 1 saturated heterocycles. The Hall–Kier alpha value is -2.79. The zero-order valence-corrected chi connectivity index (χ0v) is 15.9. The van der Waals surface area contributed by atoms with E-state index in [0.29, 0.717) is 11.5 Å². The number of hydrogen-bond acceptors (Lipinski definition) is 5. The summed E-state index contributed by atoms with van der Waals surface area (Å²) < 4.78 is 16.7. The number of ether oxygens (including phenoxy) is 3. The quantitative estimate of drug-likeness (QED) is 0.652. The fourth-order valence-electron chi connectivity index (χ4n) is 5.20. The van der Waals surface area contributed by atoms with Crippen molar-refractivity contribution in [3.05, 3.63) is 71.8 Å². The van der Waals surface area contributed by atoms with Crippen LogP contribution in [0.4, 0.5) is 0 Å². The Balaban J connectivity index is 1.57. The van der Waals surface area contributed by atoms with Crippen LogP contribution in [0.25, 0.3) is 0 Å². The summed E-state index contributed by atoms with van der Waals surface area (Å²) in [6.07, 6.45) is 4.93. The number of methoxy groups -OCH3 is 2. The standard InChI is InChI=1S/C23H23NO4/c1-26-18-11-9-16(13-19(18)27-2)20-15-8-10-17(12-15)23(20)22(25)28-21(24-23)14-6-4-3-5-7-14/h3-11,13,15,17,20-21,24H,12H2,1-2H3/t15-,17+,20-,21?,23-/m0/s1. The number of fused-ring (bicyclic) bond motifs is 3. The molecule has 1 saturated carbocycles. The van der Waals surface area contributed by atoms with Gasteiger partial charge in [-0.1, -0.05) is 48.6 Å². The van der Waals surface area contributed by atoms with Crippen LogP contribution in [0.2, 0.25) is 0 Å². The number of esters is 1. The van der Waals surface area contributed by atoms with Gasteiger partial charge in [0, 0.05) is 17.4 Å². The first kappa shape index (κ1) is 17.3. The molecule has 1 spiro atoms. The van der Waals surface area contributed by atoms with Crippen LogP contribution in [0, 0.1) is 11.8 Å². The van der Waals surface area contributed by atoms with Gasteiger partial charge in [-0.2, -0.15) is 0 Å². The fourth-order valence-corrected chi connectivity index (χ4v) is 5.20. The molecule has 1 aliphatic heterocycles. The van der Waals surface area contributed by atoms with Crippen molar-refractivity contribution in [3.63, 3.8) is 0 Å². The van der Waals surface area contributed by atoms with E-state index in [9.17, 15) is 4.79 Å². The van der Waals surface area contributed by atoms with Gasteiger partial charge in [-0.05, 0) is 30.0 Å². The molecular formula is C23H23NO4. The van der Waals surface area contributed by atoms with Gasteiger partial charge in [0.25, 0.3) is 0 Å². The van der Waals surface area contributed by atoms with E-state index in [1.807, 2.05) is 48.5 Å². The maximum absolute atomic E-state index is 13.3. The van der Waals surface area contributed by atoms with E-state index in [1.165, 1.54) is 0 Å². The molecule has 1 unspecified atom stereocenters. The smallest absolute Gasteiger partial charge is 0.329 e. The molecule has 0 amide bonds. The molecule has 3 aliphatic rings. The van der Waals surface area contributed by atoms with E-state index in [4.69, 9.17) is 14.2 Å². The summed E-state index contributed by atoms with van der Waals surface area (Å²) in [5, 5.41) is 3.58. The minimum atomic E-state index is -0.750. The zero-order valence-electron chi connectivity index (χ0n) is 15.9. The molecule has 2 fully saturated rings. The summed E-state index contributed by atoms with van der Waals surface area (Å²) in [4.78, 5) is 13.3. The monoisotopic (exact) mass is 377 g/mol. The summed E-state index contributed by atoms with van der Waals surface area (Å²) in [6.45, 7) is 0. The van der Waals surface area contributed by atoms with Crippen LogP contribution in [0.3, 0.4) is 0 Å². The summed E-state index contributed by atoms with van der Waals surface area (Å²) >= 11 is 0. The predicted octanol–water partition coefficient (Wildman–Crippen LogP) is 3.58. The molecule has 2 bridgehead atoms. The zero-order chi connectivity index (χ0) is 19.3. The molecule has 5 heteroatoms. The molecule has 1 N–H and O–H groups in total. The Morgan fingerprint density at radius 1 is 1.00 bits per heavy atom. The van der Waals surface area contributed by atoms with Crippen LogP contribution in [0.15, 0.2) is 60.7 Å². The van der Waals surface area contributed by atoms with Crippen LogP contribution >= 0.6 is 0 Å². The molecule has 5 rings (SSSR count). The Labute approximate surface area is 164 Å². The summed E-state index contributed by atoms with van der Waals surface area (Å²) in [6, 6.07) is 15.8. The average Bonchev–Trinajstić information content (AvgIpc) is 3.43. The van der Waals surface area contributed by atoms with Crippen molar-refractivity contribution in [2.24, 2.45) is 11.8 Å². The molecule has 1 heterocycles. The first-order chi connectivity index (χ1) is 13.7. The molecule has 0 aromatic heterocycles. The van der Waals surface area contributed by atoms with Crippen molar-refractivity contribution < 1.29 is 19.0 Å². The molecule has 0 radical (unpaired) electrons. The Morgan fingerprint density at radius 3 is 2.54 bits per heavy atom. The predicted molar refractivity (Wildman–Crippen MR) is 104 cm³/mol. The SMILES string of the molecule is COc1ccc([C@@H]2[C@H]3C=C[C@H](C3)[C@]23NC(c2ccccc2)OC3=O)cc1OC. The number of nitrogens with one attached hydrogen (secondary N) is 1. The van der Waals surface area contributed by atoms with Crippen LogP contribution in [-0.2, 0) is 9.53 Å². The largest absolute Gasteiger partial charge is 0.493 e. The highest BCUT2D eigenvalue weighted by molar-refractivity contribution is 5.87. The van der Waals surface area contributed by atoms with Crippen LogP contribution in [0.5, 0.6) is 11.5 Å². The van der Waals surface area contributed by atoms with Gasteiger partial charge in [-0.25, -0.2) is 4.79 Å². The fraction of sp³-hybridized carbons (Fsp3) is 0.348. The molecule has 2 aliphatic carbocycles. The molecule has 5 nitrogen and oxygen atoms in total. The van der Waals surface area contributed by atoms with E-state index in [0.717, 1.165) is 17.5 Å². The number of carbonyl (C=O) groups is 1. The van der Waals surface area contributed by atoms with E-state index in [-0.39, 0.29) is 23.7 Å². The average molecular weight is 377 g/mol. The number of hydrogen-bond donors (Lipinski definition) is 1. The molecule has 144 valence electrons. The van der Waals surface area contributed by atoms with E-state index in [1.54, 1.807) is 14.2 Å². The Kier molecular flexibility index (Phi) is 3.95. The first-order valence-corrected chi connectivity index (χ1v) is 9.61. The lowest BCUT2D eigenvalue weighted by Gasteiger charge is -2.36. The van der Waals surface area contributed by atoms with Gasteiger partial charge in [0.2, 0.25) is 0 Å². The van der Waals surface area contributed by atoms with Gasteiger partial charge < -0.3 is 14.2 Å². The van der Waals surface area contributed by atoms with Crippen molar-refractivity contribution in [2.45, 2.75) is 24.1 Å². The highest BCUT2D eigenvalue weighted by Gasteiger charge is 2.65. The molecular weight excluding hydrogens is 354 g/mol. The second-order valence-electron chi connectivity index (χ2n) is 7.69. The summed E-state index contributed by atoms with van der Waals surface area (Å²) in [5.41, 5.74) is 1.28. The van der Waals surface area contributed by atoms with E-state index < -0.39 is 11.8 Å². The molecule has 5 atom stereocenters. The second-order valence-corrected chi connectivity index (χ2v) is 7.69. The Bertz CT molecular complexity index is 941. The molecule has 2 aromatic carbocycles. The van der Waals surface area contributed by atoms with Gasteiger partial charge >= 0.3 is 5.97 Å². The van der Waals surface area contributed by atoms with Gasteiger partial charge in [-0.3, -0.25) is 5.32 Å². The normalized spacial score (nSPS) is 32.7. The minimum Gasteiger partial charge on any atom is -0.493 e. The number of benzene rings is 2. The van der Waals surface area contributed by atoms with Gasteiger partial charge in [0.15, 0.2) is 17.7 Å². The summed E-state index contributed by atoms with van der Waals surface area (Å²) in [7, 11) is 3.26. The van der Waals surface area contributed by atoms with Crippen molar-refractivity contribution in [3.8, 4) is 11.5 Å². The lowest BCUT2D eigenvalue weighted by atomic mass is 9.72. The lowest BCUT2D eigenvalue weighted by molar-refractivity contribution is -0.146. The number of rotatable bonds is 4. The van der Waals surface area contributed by atoms with E-state index >= 15 is 0 Å². The highest BCUT2D eigenvalue weighted by Crippen LogP contribution is 2.59. The highest BCUT2D eigenvalue weighted by atomic mass is 16.6. The number of carbonyl (C=O) groups excluding carboxylic acids is 1. The van der Waals surface area contributed by atoms with Crippen LogP contribution < -0.4 is 14.8 Å². The van der Waals surface area contributed by atoms with Gasteiger partial charge in [0.05, 0.1) is 14.2 Å². The topological polar surface area (TPSA) is 56.8 Å². The third-order valence-corrected chi connectivity index (χ3v) is 6.42. The van der Waals surface area contributed by atoms with Crippen molar-refractivity contribution in [2.75, 3.05) is 14.2 Å². The molecule has 28 heavy (non-hydrogen) atoms. The third kappa shape index (κ3) is 2.32. The van der Waals surface area contributed by atoms with E-state index in [2.05, 4.69) is 17.5 Å². The summed E-state index contributed by atoms with van der Waals surface area (Å²) in [5.74, 6) is 1.59. The maximum atomic E-state index is 13.3. The Morgan fingerprint density at radius 2 is 1.79 bits per heavy atom. The van der Waals surface area contributed by atoms with Crippen molar-refractivity contribution in [1.29, 1.82) is 0 Å². The number of allylic oxidation sites excluding steroid dienone is 1. The van der Waals surface area contributed by atoms with Gasteiger partial charge in [0.1, 0.15) is 5.54 Å². The molecule has 2 aromatic rings. The minimum absolute atomic E-state index is 0.0106. The van der Waals surface area contributed by atoms with Gasteiger partial charge in [-0.15, -0.1) is 0 Å². The van der Waals surface area contributed by atoms with Crippen molar-refractivity contribution in [1.82, 2.24) is 5.32 Å². The van der Waals surface area contributed by atoms with Crippen LogP contribution in [-0.4, -0.2) is 25.7 Å². The number of cyclic esters (lactones) is 1. The van der Waals surface area contributed by atoms with Crippen molar-refractivity contribution >= 4 is 5.97 Å². The lowest BCUT2D eigenvalue weighted by Crippen LogP contribution is -2.54. The third-order valence-electron chi connectivity index (χ3n) is 6.42. The second kappa shape index (κ2) is 6.38. The first-order valence-electron chi connectivity index (χ1n) is 9.61.